The number of halogens is 1. The number of ketones is 1. The second-order valence-corrected chi connectivity index (χ2v) is 13.8. The summed E-state index contributed by atoms with van der Waals surface area (Å²) in [5.41, 5.74) is 3.58. The third-order valence-corrected chi connectivity index (χ3v) is 10.3. The highest BCUT2D eigenvalue weighted by Gasteiger charge is 2.47. The van der Waals surface area contributed by atoms with Crippen LogP contribution in [0.1, 0.15) is 56.6 Å². The number of anilines is 1. The van der Waals surface area contributed by atoms with Crippen LogP contribution in [0.3, 0.4) is 0 Å². The number of aromatic nitrogens is 3. The molecule has 2 aliphatic carbocycles. The zero-order chi connectivity index (χ0) is 27.9. The zero-order valence-electron chi connectivity index (χ0n) is 22.3. The van der Waals surface area contributed by atoms with Crippen LogP contribution in [0.25, 0.3) is 16.8 Å². The number of benzene rings is 1. The minimum absolute atomic E-state index is 0.0968. The summed E-state index contributed by atoms with van der Waals surface area (Å²) in [6.07, 6.45) is 10.0. The Balaban J connectivity index is 1.35. The number of hydrogen-bond acceptors (Lipinski definition) is 7. The Morgan fingerprint density at radius 2 is 1.80 bits per heavy atom. The lowest BCUT2D eigenvalue weighted by molar-refractivity contribution is -0.125. The second-order valence-electron chi connectivity index (χ2n) is 11.5. The molecule has 40 heavy (non-hydrogen) atoms. The molecule has 1 saturated heterocycles. The standard InChI is InChI=1S/C30H32FN5O3S/c31-22-15-24(18-33-17-22)36-19-27(21-5-7-23(8-6-21)35-11-13-40(38,39)14-12-35)29(34-36)26-4-2-1-3-25(26)28(37)16-30(20-32)9-10-30/h5-8,15,17-19,25-26H,1-4,9-14,16H2/t25-,26-/m1/s1. The van der Waals surface area contributed by atoms with E-state index in [1.807, 2.05) is 30.5 Å². The third-order valence-electron chi connectivity index (χ3n) is 8.72. The number of carbonyl (C=O) groups excluding carboxylic acids is 1. The van der Waals surface area contributed by atoms with E-state index in [4.69, 9.17) is 5.10 Å². The Labute approximate surface area is 233 Å². The number of sulfone groups is 1. The van der Waals surface area contributed by atoms with Gasteiger partial charge in [0.15, 0.2) is 9.84 Å². The molecule has 0 radical (unpaired) electrons. The van der Waals surface area contributed by atoms with Crippen molar-refractivity contribution in [2.24, 2.45) is 11.3 Å². The Kier molecular flexibility index (Phi) is 6.95. The lowest BCUT2D eigenvalue weighted by Crippen LogP contribution is -2.40. The van der Waals surface area contributed by atoms with E-state index < -0.39 is 21.1 Å². The van der Waals surface area contributed by atoms with E-state index >= 15 is 0 Å². The van der Waals surface area contributed by atoms with Crippen LogP contribution in [0.4, 0.5) is 10.1 Å². The van der Waals surface area contributed by atoms with E-state index in [1.54, 1.807) is 10.9 Å². The van der Waals surface area contributed by atoms with E-state index in [-0.39, 0.29) is 29.1 Å². The van der Waals surface area contributed by atoms with E-state index in [0.29, 0.717) is 25.2 Å². The molecule has 2 atom stereocenters. The van der Waals surface area contributed by atoms with Gasteiger partial charge < -0.3 is 4.90 Å². The second kappa shape index (κ2) is 10.4. The molecule has 3 fully saturated rings. The van der Waals surface area contributed by atoms with Crippen LogP contribution < -0.4 is 4.90 Å². The van der Waals surface area contributed by atoms with Gasteiger partial charge in [-0.2, -0.15) is 10.4 Å². The van der Waals surface area contributed by atoms with E-state index in [2.05, 4.69) is 16.0 Å². The highest BCUT2D eigenvalue weighted by atomic mass is 32.2. The molecule has 1 aliphatic heterocycles. The van der Waals surface area contributed by atoms with Gasteiger partial charge >= 0.3 is 0 Å². The van der Waals surface area contributed by atoms with Gasteiger partial charge in [-0.05, 0) is 43.4 Å². The van der Waals surface area contributed by atoms with Crippen molar-refractivity contribution in [1.82, 2.24) is 14.8 Å². The van der Waals surface area contributed by atoms with E-state index in [0.717, 1.165) is 67.2 Å². The fourth-order valence-electron chi connectivity index (χ4n) is 6.15. The van der Waals surface area contributed by atoms with Crippen molar-refractivity contribution in [1.29, 1.82) is 5.26 Å². The van der Waals surface area contributed by atoms with E-state index in [9.17, 15) is 22.9 Å². The SMILES string of the molecule is N#CC1(CC(=O)[C@@H]2CCCC[C@H]2c2nn(-c3cncc(F)c3)cc2-c2ccc(N3CCS(=O)(=O)CC3)cc2)CC1. The van der Waals surface area contributed by atoms with Crippen LogP contribution >= 0.6 is 0 Å². The van der Waals surface area contributed by atoms with Crippen molar-refractivity contribution in [3.63, 3.8) is 0 Å². The van der Waals surface area contributed by atoms with Crippen LogP contribution in [0.5, 0.6) is 0 Å². The number of carbonyl (C=O) groups is 1. The molecule has 3 aliphatic rings. The van der Waals surface area contributed by atoms with Gasteiger partial charge in [0.25, 0.3) is 0 Å². The molecule has 1 aromatic carbocycles. The van der Waals surface area contributed by atoms with Crippen LogP contribution in [-0.2, 0) is 14.6 Å². The molecule has 10 heteroatoms. The molecule has 208 valence electrons. The fourth-order valence-corrected chi connectivity index (χ4v) is 7.35. The average Bonchev–Trinajstić information content (AvgIpc) is 3.59. The number of hydrogen-bond donors (Lipinski definition) is 0. The van der Waals surface area contributed by atoms with Crippen molar-refractivity contribution in [2.75, 3.05) is 29.5 Å². The van der Waals surface area contributed by atoms with Gasteiger partial charge in [-0.25, -0.2) is 17.5 Å². The summed E-state index contributed by atoms with van der Waals surface area (Å²) >= 11 is 0. The van der Waals surface area contributed by atoms with Gasteiger partial charge in [-0.3, -0.25) is 9.78 Å². The fraction of sp³-hybridized carbons (Fsp3) is 0.467. The molecular formula is C30H32FN5O3S. The Morgan fingerprint density at radius 1 is 1.07 bits per heavy atom. The first-order valence-corrected chi connectivity index (χ1v) is 15.8. The Bertz CT molecular complexity index is 1560. The number of Topliss-reactive ketones (excluding diaryl/α,β-unsaturated/α-hetero) is 1. The zero-order valence-corrected chi connectivity index (χ0v) is 23.1. The molecule has 0 N–H and O–H groups in total. The van der Waals surface area contributed by atoms with Crippen molar-refractivity contribution >= 4 is 21.3 Å². The van der Waals surface area contributed by atoms with Crippen LogP contribution in [0, 0.1) is 28.5 Å². The van der Waals surface area contributed by atoms with Gasteiger partial charge in [0, 0.05) is 54.9 Å². The monoisotopic (exact) mass is 561 g/mol. The molecule has 0 amide bonds. The van der Waals surface area contributed by atoms with Crippen molar-refractivity contribution in [3.05, 3.63) is 60.4 Å². The van der Waals surface area contributed by atoms with Gasteiger partial charge in [-0.1, -0.05) is 25.0 Å². The number of pyridine rings is 1. The summed E-state index contributed by atoms with van der Waals surface area (Å²) in [6.45, 7) is 0.932. The molecule has 8 nitrogen and oxygen atoms in total. The molecule has 0 unspecified atom stereocenters. The average molecular weight is 562 g/mol. The minimum Gasteiger partial charge on any atom is -0.369 e. The highest BCUT2D eigenvalue weighted by molar-refractivity contribution is 7.91. The van der Waals surface area contributed by atoms with Gasteiger partial charge in [0.2, 0.25) is 0 Å². The predicted molar refractivity (Wildman–Crippen MR) is 149 cm³/mol. The van der Waals surface area contributed by atoms with Crippen molar-refractivity contribution in [3.8, 4) is 22.9 Å². The topological polar surface area (TPSA) is 109 Å². The van der Waals surface area contributed by atoms with Crippen molar-refractivity contribution < 1.29 is 17.6 Å². The maximum Gasteiger partial charge on any atom is 0.153 e. The first kappa shape index (κ1) is 26.6. The predicted octanol–water partition coefficient (Wildman–Crippen LogP) is 4.84. The summed E-state index contributed by atoms with van der Waals surface area (Å²) in [5, 5.41) is 14.5. The summed E-state index contributed by atoms with van der Waals surface area (Å²) in [5.74, 6) is -0.315. The van der Waals surface area contributed by atoms with Gasteiger partial charge in [0.05, 0.1) is 46.8 Å². The summed E-state index contributed by atoms with van der Waals surface area (Å²) < 4.78 is 39.4. The molecule has 6 rings (SSSR count). The molecule has 0 bridgehead atoms. The van der Waals surface area contributed by atoms with Crippen LogP contribution in [0.15, 0.2) is 48.9 Å². The summed E-state index contributed by atoms with van der Waals surface area (Å²) in [7, 11) is -2.97. The largest absolute Gasteiger partial charge is 0.369 e. The lowest BCUT2D eigenvalue weighted by atomic mass is 9.72. The smallest absolute Gasteiger partial charge is 0.153 e. The number of rotatable bonds is 7. The summed E-state index contributed by atoms with van der Waals surface area (Å²) in [4.78, 5) is 19.6. The van der Waals surface area contributed by atoms with Crippen LogP contribution in [-0.4, -0.2) is 53.6 Å². The number of nitrogens with zero attached hydrogens (tertiary/aromatic N) is 5. The minimum atomic E-state index is -2.97. The molecule has 2 aromatic heterocycles. The van der Waals surface area contributed by atoms with Gasteiger partial charge in [0.1, 0.15) is 11.6 Å². The molecular weight excluding hydrogens is 529 g/mol. The Hall–Kier alpha value is -3.58. The normalized spacial score (nSPS) is 23.4. The molecule has 2 saturated carbocycles. The maximum absolute atomic E-state index is 14.1. The molecule has 3 heterocycles. The molecule has 3 aromatic rings. The van der Waals surface area contributed by atoms with Gasteiger partial charge in [-0.15, -0.1) is 0 Å². The molecule has 0 spiro atoms. The first-order valence-electron chi connectivity index (χ1n) is 14.0. The third kappa shape index (κ3) is 5.39. The maximum atomic E-state index is 14.1. The van der Waals surface area contributed by atoms with Crippen molar-refractivity contribution in [2.45, 2.75) is 50.9 Å². The first-order chi connectivity index (χ1) is 19.3. The van der Waals surface area contributed by atoms with Crippen LogP contribution in [0.2, 0.25) is 0 Å². The lowest BCUT2D eigenvalue weighted by Gasteiger charge is -2.31. The van der Waals surface area contributed by atoms with E-state index in [1.165, 1.54) is 6.07 Å². The highest BCUT2D eigenvalue weighted by Crippen LogP contribution is 2.51. The Morgan fingerprint density at radius 3 is 2.48 bits per heavy atom. The summed E-state index contributed by atoms with van der Waals surface area (Å²) in [6, 6.07) is 11.7. The quantitative estimate of drug-likeness (QED) is 0.406. The number of nitriles is 1.